The smallest absolute Gasteiger partial charge is 0.137 e. The van der Waals surface area contributed by atoms with Crippen LogP contribution in [0.15, 0.2) is 28.7 Å². The van der Waals surface area contributed by atoms with E-state index in [1.165, 1.54) is 0 Å². The van der Waals surface area contributed by atoms with Crippen LogP contribution in [0.3, 0.4) is 0 Å². The van der Waals surface area contributed by atoms with Gasteiger partial charge in [-0.1, -0.05) is 0 Å². The van der Waals surface area contributed by atoms with Gasteiger partial charge in [-0.15, -0.1) is 5.10 Å². The Hall–Kier alpha value is -1.71. The molecule has 1 aromatic heterocycles. The van der Waals surface area contributed by atoms with Crippen molar-refractivity contribution < 1.29 is 0 Å². The Labute approximate surface area is 63.6 Å². The van der Waals surface area contributed by atoms with Crippen LogP contribution in [0.4, 0.5) is 0 Å². The largest absolute Gasteiger partial charge is 0.289 e. The fourth-order valence-electron chi connectivity index (χ4n) is 0.843. The molecule has 1 aliphatic rings. The lowest BCUT2D eigenvalue weighted by Crippen LogP contribution is -1.97. The zero-order valence-corrected chi connectivity index (χ0v) is 5.75. The third-order valence-corrected chi connectivity index (χ3v) is 1.34. The summed E-state index contributed by atoms with van der Waals surface area (Å²) >= 11 is 0. The molecule has 0 saturated heterocycles. The molecule has 0 bridgehead atoms. The molecular formula is C7H6N4. The second-order valence-corrected chi connectivity index (χ2v) is 2.05. The Bertz CT molecular complexity index is 301. The number of allylic oxidation sites excluding steroid dienone is 1. The standard InChI is InChI=1S/C7H6N4/c1-2-7-8-4-5-11(7)6-10-9-3-1/h1-6H/b2-1-,9-3-,10-6-. The molecule has 0 N–H and O–H groups in total. The minimum atomic E-state index is 0.861. The summed E-state index contributed by atoms with van der Waals surface area (Å²) in [6.07, 6.45) is 10.4. The van der Waals surface area contributed by atoms with Crippen LogP contribution < -0.4 is 0 Å². The molecule has 0 unspecified atom stereocenters. The summed E-state index contributed by atoms with van der Waals surface area (Å²) in [6, 6.07) is 0. The van der Waals surface area contributed by atoms with Crippen molar-refractivity contribution in [3.05, 3.63) is 24.3 Å². The number of hydrogen-bond acceptors (Lipinski definition) is 3. The van der Waals surface area contributed by atoms with Gasteiger partial charge >= 0.3 is 0 Å². The van der Waals surface area contributed by atoms with Crippen molar-refractivity contribution in [1.82, 2.24) is 9.55 Å². The number of hydrogen-bond donors (Lipinski definition) is 0. The van der Waals surface area contributed by atoms with Crippen LogP contribution in [-0.2, 0) is 0 Å². The van der Waals surface area contributed by atoms with Gasteiger partial charge in [0.25, 0.3) is 0 Å². The predicted octanol–water partition coefficient (Wildman–Crippen LogP) is 0.772. The molecule has 0 aromatic carbocycles. The monoisotopic (exact) mass is 146 g/mol. The maximum atomic E-state index is 4.08. The van der Waals surface area contributed by atoms with E-state index >= 15 is 0 Å². The number of aromatic nitrogens is 2. The first-order valence-electron chi connectivity index (χ1n) is 3.23. The van der Waals surface area contributed by atoms with E-state index in [1.807, 2.05) is 12.3 Å². The zero-order valence-electron chi connectivity index (χ0n) is 5.75. The van der Waals surface area contributed by atoms with Crippen molar-refractivity contribution >= 4 is 18.6 Å². The van der Waals surface area contributed by atoms with Crippen LogP contribution in [-0.4, -0.2) is 22.1 Å². The highest BCUT2D eigenvalue weighted by molar-refractivity contribution is 5.79. The molecule has 1 aromatic rings. The molecule has 0 amide bonds. The van der Waals surface area contributed by atoms with Crippen molar-refractivity contribution in [3.63, 3.8) is 0 Å². The van der Waals surface area contributed by atoms with Crippen molar-refractivity contribution in [1.29, 1.82) is 0 Å². The highest BCUT2D eigenvalue weighted by Gasteiger charge is 1.94. The van der Waals surface area contributed by atoms with Gasteiger partial charge in [0.2, 0.25) is 0 Å². The zero-order chi connectivity index (χ0) is 7.52. The van der Waals surface area contributed by atoms with E-state index in [9.17, 15) is 0 Å². The van der Waals surface area contributed by atoms with Crippen LogP contribution in [0, 0.1) is 0 Å². The lowest BCUT2D eigenvalue weighted by molar-refractivity contribution is 1.10. The number of fused-ring (bicyclic) bond motifs is 1. The maximum Gasteiger partial charge on any atom is 0.137 e. The maximum absolute atomic E-state index is 4.08. The Morgan fingerprint density at radius 2 is 2.27 bits per heavy atom. The lowest BCUT2D eigenvalue weighted by atomic mass is 10.5. The Kier molecular flexibility index (Phi) is 1.37. The Morgan fingerprint density at radius 3 is 3.27 bits per heavy atom. The number of imidazole rings is 1. The highest BCUT2D eigenvalue weighted by atomic mass is 15.2. The average Bonchev–Trinajstić information content (AvgIpc) is 2.35. The van der Waals surface area contributed by atoms with Gasteiger partial charge in [-0.2, -0.15) is 5.10 Å². The molecule has 4 nitrogen and oxygen atoms in total. The topological polar surface area (TPSA) is 42.5 Å². The van der Waals surface area contributed by atoms with Crippen molar-refractivity contribution in [2.24, 2.45) is 10.2 Å². The molecule has 2 heterocycles. The quantitative estimate of drug-likeness (QED) is 0.533. The van der Waals surface area contributed by atoms with Crippen LogP contribution in [0.1, 0.15) is 5.82 Å². The molecule has 4 heteroatoms. The third kappa shape index (κ3) is 1.10. The van der Waals surface area contributed by atoms with Crippen LogP contribution >= 0.6 is 0 Å². The van der Waals surface area contributed by atoms with Gasteiger partial charge in [0.1, 0.15) is 12.2 Å². The lowest BCUT2D eigenvalue weighted by Gasteiger charge is -1.94. The molecule has 54 valence electrons. The molecular weight excluding hydrogens is 140 g/mol. The summed E-state index contributed by atoms with van der Waals surface area (Å²) in [5.74, 6) is 0.861. The van der Waals surface area contributed by atoms with E-state index < -0.39 is 0 Å². The third-order valence-electron chi connectivity index (χ3n) is 1.34. The molecule has 0 spiro atoms. The minimum Gasteiger partial charge on any atom is -0.289 e. The molecule has 11 heavy (non-hydrogen) atoms. The molecule has 0 fully saturated rings. The van der Waals surface area contributed by atoms with E-state index in [-0.39, 0.29) is 0 Å². The van der Waals surface area contributed by atoms with E-state index in [2.05, 4.69) is 15.2 Å². The van der Waals surface area contributed by atoms with Gasteiger partial charge in [-0.3, -0.25) is 4.57 Å². The molecule has 0 saturated carbocycles. The fourth-order valence-corrected chi connectivity index (χ4v) is 0.843. The SMILES string of the molecule is C1=C/c2nccn2\C=N/N=C\1. The first-order valence-corrected chi connectivity index (χ1v) is 3.23. The van der Waals surface area contributed by atoms with Gasteiger partial charge in [-0.05, 0) is 12.2 Å². The molecule has 0 aliphatic carbocycles. The Balaban J connectivity index is 2.52. The summed E-state index contributed by atoms with van der Waals surface area (Å²) in [5.41, 5.74) is 0. The summed E-state index contributed by atoms with van der Waals surface area (Å²) in [5, 5.41) is 7.48. The van der Waals surface area contributed by atoms with Crippen LogP contribution in [0.25, 0.3) is 6.08 Å². The average molecular weight is 146 g/mol. The molecule has 0 radical (unpaired) electrons. The normalized spacial score (nSPS) is 22.9. The molecule has 2 rings (SSSR count). The summed E-state index contributed by atoms with van der Waals surface area (Å²) in [7, 11) is 0. The fraction of sp³-hybridized carbons (Fsp3) is 0. The van der Waals surface area contributed by atoms with Crippen molar-refractivity contribution in [2.75, 3.05) is 0 Å². The van der Waals surface area contributed by atoms with Gasteiger partial charge < -0.3 is 0 Å². The van der Waals surface area contributed by atoms with Crippen molar-refractivity contribution in [3.8, 4) is 0 Å². The highest BCUT2D eigenvalue weighted by Crippen LogP contribution is 1.98. The van der Waals surface area contributed by atoms with Crippen molar-refractivity contribution in [2.45, 2.75) is 0 Å². The van der Waals surface area contributed by atoms with E-state index in [1.54, 1.807) is 29.4 Å². The second kappa shape index (κ2) is 2.49. The molecule has 0 atom stereocenters. The Morgan fingerprint density at radius 1 is 1.27 bits per heavy atom. The van der Waals surface area contributed by atoms with E-state index in [4.69, 9.17) is 0 Å². The first-order chi connectivity index (χ1) is 5.47. The van der Waals surface area contributed by atoms with Gasteiger partial charge in [0.05, 0.1) is 0 Å². The van der Waals surface area contributed by atoms with Crippen LogP contribution in [0.2, 0.25) is 0 Å². The van der Waals surface area contributed by atoms with E-state index in [0.717, 1.165) is 5.82 Å². The van der Waals surface area contributed by atoms with E-state index in [0.29, 0.717) is 0 Å². The minimum absolute atomic E-state index is 0.861. The number of rotatable bonds is 0. The predicted molar refractivity (Wildman–Crippen MR) is 43.6 cm³/mol. The number of nitrogens with zero attached hydrogens (tertiary/aromatic N) is 4. The second-order valence-electron chi connectivity index (χ2n) is 2.05. The summed E-state index contributed by atoms with van der Waals surface area (Å²) < 4.78 is 1.80. The van der Waals surface area contributed by atoms with Crippen LogP contribution in [0.5, 0.6) is 0 Å². The van der Waals surface area contributed by atoms with Gasteiger partial charge in [-0.25, -0.2) is 4.98 Å². The first kappa shape index (κ1) is 6.03. The summed E-state index contributed by atoms with van der Waals surface area (Å²) in [6.45, 7) is 0. The van der Waals surface area contributed by atoms with Gasteiger partial charge in [0.15, 0.2) is 0 Å². The van der Waals surface area contributed by atoms with Gasteiger partial charge in [0, 0.05) is 18.6 Å². The molecule has 1 aliphatic heterocycles. The summed E-state index contributed by atoms with van der Waals surface area (Å²) in [4.78, 5) is 4.08.